The van der Waals surface area contributed by atoms with Crippen LogP contribution in [0.5, 0.6) is 11.5 Å². The first kappa shape index (κ1) is 34.9. The van der Waals surface area contributed by atoms with Crippen LogP contribution in [0.2, 0.25) is 0 Å². The molecule has 2 aliphatic rings. The summed E-state index contributed by atoms with van der Waals surface area (Å²) in [5, 5.41) is 12.0. The van der Waals surface area contributed by atoms with Crippen LogP contribution in [0.1, 0.15) is 66.9 Å². The maximum absolute atomic E-state index is 13.8. The highest BCUT2D eigenvalue weighted by Gasteiger charge is 2.38. The molecule has 2 N–H and O–H groups in total. The van der Waals surface area contributed by atoms with Gasteiger partial charge < -0.3 is 28.5 Å². The SMILES string of the molecule is COCCOCCOCCOc1ccnc2c(S(=O)(=O)Nc3cccc(C(c4c(O)c5c(oc4=O)CCCCCC5)C4CC4)c3)cccc12. The summed E-state index contributed by atoms with van der Waals surface area (Å²) in [5.74, 6) is 0.850. The minimum absolute atomic E-state index is 0.00372. The Bertz CT molecular complexity index is 1910. The smallest absolute Gasteiger partial charge is 0.343 e. The van der Waals surface area contributed by atoms with Crippen LogP contribution in [0.25, 0.3) is 10.9 Å². The number of pyridine rings is 1. The summed E-state index contributed by atoms with van der Waals surface area (Å²) in [5.41, 5.74) is 1.85. The minimum Gasteiger partial charge on any atom is -0.507 e. The van der Waals surface area contributed by atoms with Gasteiger partial charge in [0, 0.05) is 42.3 Å². The number of nitrogens with zero attached hydrogens (tertiary/aromatic N) is 1. The molecule has 1 unspecified atom stereocenters. The average Bonchev–Trinajstić information content (AvgIpc) is 3.92. The molecule has 262 valence electrons. The molecule has 2 heterocycles. The number of aromatic nitrogens is 1. The second-order valence-corrected chi connectivity index (χ2v) is 14.2. The van der Waals surface area contributed by atoms with Crippen molar-refractivity contribution in [1.82, 2.24) is 4.98 Å². The molecule has 2 aromatic carbocycles. The summed E-state index contributed by atoms with van der Waals surface area (Å²) in [6.07, 6.45) is 8.62. The molecule has 1 saturated carbocycles. The van der Waals surface area contributed by atoms with Crippen LogP contribution in [0.3, 0.4) is 0 Å². The normalized spacial score (nSPS) is 15.7. The number of fused-ring (bicyclic) bond motifs is 2. The monoisotopic (exact) mass is 692 g/mol. The van der Waals surface area contributed by atoms with Crippen LogP contribution >= 0.6 is 0 Å². The predicted molar refractivity (Wildman–Crippen MR) is 185 cm³/mol. The van der Waals surface area contributed by atoms with E-state index in [1.165, 1.54) is 12.3 Å². The lowest BCUT2D eigenvalue weighted by Gasteiger charge is -2.22. The Morgan fingerprint density at radius 2 is 1.67 bits per heavy atom. The second kappa shape index (κ2) is 16.2. The van der Waals surface area contributed by atoms with Crippen molar-refractivity contribution in [2.75, 3.05) is 51.5 Å². The van der Waals surface area contributed by atoms with E-state index in [2.05, 4.69) is 9.71 Å². The first-order valence-corrected chi connectivity index (χ1v) is 18.5. The van der Waals surface area contributed by atoms with E-state index in [1.54, 1.807) is 43.5 Å². The lowest BCUT2D eigenvalue weighted by atomic mass is 9.85. The molecular weight excluding hydrogens is 648 g/mol. The molecule has 49 heavy (non-hydrogen) atoms. The van der Waals surface area contributed by atoms with E-state index in [0.29, 0.717) is 68.5 Å². The Balaban J connectivity index is 1.20. The van der Waals surface area contributed by atoms with E-state index in [4.69, 9.17) is 23.4 Å². The minimum atomic E-state index is -4.09. The zero-order valence-corrected chi connectivity index (χ0v) is 28.6. The number of rotatable bonds is 16. The average molecular weight is 693 g/mol. The van der Waals surface area contributed by atoms with Crippen molar-refractivity contribution in [3.63, 3.8) is 0 Å². The van der Waals surface area contributed by atoms with Crippen molar-refractivity contribution in [2.24, 2.45) is 5.92 Å². The number of nitrogens with one attached hydrogen (secondary N) is 1. The van der Waals surface area contributed by atoms with Crippen LogP contribution in [-0.2, 0) is 37.1 Å². The number of aryl methyl sites for hydroxylation is 1. The van der Waals surface area contributed by atoms with Crippen LogP contribution in [0.15, 0.2) is 68.8 Å². The summed E-state index contributed by atoms with van der Waals surface area (Å²) < 4.78 is 58.1. The molecular formula is C37H44N2O9S. The first-order chi connectivity index (χ1) is 23.9. The molecule has 1 atom stereocenters. The first-order valence-electron chi connectivity index (χ1n) is 17.0. The van der Waals surface area contributed by atoms with Gasteiger partial charge in [0.25, 0.3) is 10.0 Å². The van der Waals surface area contributed by atoms with Gasteiger partial charge in [0.1, 0.15) is 28.8 Å². The number of sulfonamides is 1. The topological polar surface area (TPSA) is 146 Å². The largest absolute Gasteiger partial charge is 0.507 e. The Morgan fingerprint density at radius 1 is 0.939 bits per heavy atom. The number of hydrogen-bond donors (Lipinski definition) is 2. The maximum atomic E-state index is 13.8. The van der Waals surface area contributed by atoms with Gasteiger partial charge in [-0.1, -0.05) is 31.0 Å². The van der Waals surface area contributed by atoms with Gasteiger partial charge in [0.15, 0.2) is 0 Å². The molecule has 2 aromatic heterocycles. The fraction of sp³-hybridized carbons (Fsp3) is 0.459. The molecule has 0 radical (unpaired) electrons. The van der Waals surface area contributed by atoms with E-state index >= 15 is 0 Å². The third kappa shape index (κ3) is 8.43. The predicted octanol–water partition coefficient (Wildman–Crippen LogP) is 5.95. The molecule has 6 rings (SSSR count). The van der Waals surface area contributed by atoms with Crippen molar-refractivity contribution in [1.29, 1.82) is 0 Å². The summed E-state index contributed by atoms with van der Waals surface area (Å²) in [6.45, 7) is 2.50. The van der Waals surface area contributed by atoms with E-state index < -0.39 is 21.6 Å². The lowest BCUT2D eigenvalue weighted by molar-refractivity contribution is 0.0181. The molecule has 0 aliphatic heterocycles. The lowest BCUT2D eigenvalue weighted by Crippen LogP contribution is -2.19. The summed E-state index contributed by atoms with van der Waals surface area (Å²) in [7, 11) is -2.47. The van der Waals surface area contributed by atoms with Crippen LogP contribution in [0, 0.1) is 5.92 Å². The maximum Gasteiger partial charge on any atom is 0.343 e. The Kier molecular flexibility index (Phi) is 11.5. The number of aromatic hydroxyl groups is 1. The third-order valence-electron chi connectivity index (χ3n) is 9.07. The number of anilines is 1. The fourth-order valence-corrected chi connectivity index (χ4v) is 7.77. The molecule has 0 bridgehead atoms. The van der Waals surface area contributed by atoms with Crippen molar-refractivity contribution in [3.8, 4) is 11.5 Å². The molecule has 2 aliphatic carbocycles. The zero-order valence-electron chi connectivity index (χ0n) is 27.8. The van der Waals surface area contributed by atoms with Crippen LogP contribution in [0.4, 0.5) is 5.69 Å². The zero-order chi connectivity index (χ0) is 34.2. The quantitative estimate of drug-likeness (QED) is 0.135. The van der Waals surface area contributed by atoms with Gasteiger partial charge in [0.2, 0.25) is 0 Å². The van der Waals surface area contributed by atoms with Gasteiger partial charge in [-0.3, -0.25) is 9.71 Å². The molecule has 4 aromatic rings. The van der Waals surface area contributed by atoms with Crippen molar-refractivity contribution in [3.05, 3.63) is 87.6 Å². The van der Waals surface area contributed by atoms with E-state index in [9.17, 15) is 18.3 Å². The number of para-hydroxylation sites is 1. The van der Waals surface area contributed by atoms with Crippen molar-refractivity contribution >= 4 is 26.6 Å². The Morgan fingerprint density at radius 3 is 2.45 bits per heavy atom. The van der Waals surface area contributed by atoms with E-state index in [0.717, 1.165) is 49.7 Å². The number of methoxy groups -OCH3 is 1. The molecule has 1 fully saturated rings. The fourth-order valence-electron chi connectivity index (χ4n) is 6.55. The molecule has 0 amide bonds. The third-order valence-corrected chi connectivity index (χ3v) is 10.5. The second-order valence-electron chi connectivity index (χ2n) is 12.5. The van der Waals surface area contributed by atoms with Gasteiger partial charge in [-0.25, -0.2) is 13.2 Å². The van der Waals surface area contributed by atoms with Gasteiger partial charge in [-0.2, -0.15) is 0 Å². The molecule has 0 saturated heterocycles. The van der Waals surface area contributed by atoms with Gasteiger partial charge in [-0.15, -0.1) is 0 Å². The summed E-state index contributed by atoms with van der Waals surface area (Å²) >= 11 is 0. The van der Waals surface area contributed by atoms with E-state index in [1.807, 2.05) is 6.07 Å². The standard InChI is InChI=1S/C37H44N2O9S/c1-44-18-19-45-20-21-46-22-23-47-30-16-17-38-35-28(30)11-7-13-32(35)49(42,43)39-27-9-6-8-26(24-27)33(25-14-15-25)34-36(40)29-10-4-2-3-5-12-31(29)48-37(34)41/h6-9,11,13,16-17,24-25,33,39-40H,2-5,10,12,14-15,18-23H2,1H3. The van der Waals surface area contributed by atoms with Crippen LogP contribution < -0.4 is 15.1 Å². The number of hydrogen-bond acceptors (Lipinski definition) is 10. The highest BCUT2D eigenvalue weighted by atomic mass is 32.2. The number of benzene rings is 2. The van der Waals surface area contributed by atoms with Crippen LogP contribution in [-0.4, -0.2) is 65.3 Å². The molecule has 12 heteroatoms. The van der Waals surface area contributed by atoms with Crippen molar-refractivity contribution in [2.45, 2.75) is 62.2 Å². The summed E-state index contributed by atoms with van der Waals surface area (Å²) in [6, 6.07) is 13.7. The van der Waals surface area contributed by atoms with Gasteiger partial charge in [0.05, 0.1) is 44.1 Å². The van der Waals surface area contributed by atoms with Gasteiger partial charge in [-0.05, 0) is 73.9 Å². The van der Waals surface area contributed by atoms with Crippen molar-refractivity contribution < 1.29 is 36.9 Å². The highest BCUT2D eigenvalue weighted by molar-refractivity contribution is 7.93. The number of ether oxygens (including phenoxy) is 4. The van der Waals surface area contributed by atoms with E-state index in [-0.39, 0.29) is 34.2 Å². The Hall–Kier alpha value is -3.97. The molecule has 0 spiro atoms. The van der Waals surface area contributed by atoms with Gasteiger partial charge >= 0.3 is 5.63 Å². The Labute approximate surface area is 286 Å². The highest BCUT2D eigenvalue weighted by Crippen LogP contribution is 2.49. The summed E-state index contributed by atoms with van der Waals surface area (Å²) in [4.78, 5) is 17.8. The molecule has 11 nitrogen and oxygen atoms in total.